The van der Waals surface area contributed by atoms with Crippen molar-refractivity contribution < 1.29 is 0 Å². The van der Waals surface area contributed by atoms with Gasteiger partial charge in [-0.05, 0) is 163 Å². The van der Waals surface area contributed by atoms with Gasteiger partial charge in [-0.2, -0.15) is 23.5 Å². The van der Waals surface area contributed by atoms with Gasteiger partial charge < -0.3 is 9.13 Å². The van der Waals surface area contributed by atoms with Crippen molar-refractivity contribution in [1.29, 1.82) is 0 Å². The highest BCUT2D eigenvalue weighted by molar-refractivity contribution is 7.98. The lowest BCUT2D eigenvalue weighted by atomic mass is 10.0. The van der Waals surface area contributed by atoms with E-state index >= 15 is 0 Å². The van der Waals surface area contributed by atoms with Crippen LogP contribution in [-0.4, -0.2) is 43.1 Å². The Kier molecular flexibility index (Phi) is 14.9. The number of thioether (sulfide) groups is 2. The number of aromatic nitrogens is 4. The molecule has 4 rings (SSSR count). The highest BCUT2D eigenvalue weighted by Gasteiger charge is 2.10. The van der Waals surface area contributed by atoms with Gasteiger partial charge in [0.15, 0.2) is 0 Å². The summed E-state index contributed by atoms with van der Waals surface area (Å²) in [6.45, 7) is 17.3. The van der Waals surface area contributed by atoms with Crippen LogP contribution in [0.5, 0.6) is 0 Å². The van der Waals surface area contributed by atoms with E-state index in [4.69, 9.17) is 9.97 Å². The molecule has 0 aliphatic heterocycles. The van der Waals surface area contributed by atoms with E-state index in [1.807, 2.05) is 23.5 Å². The molecule has 1 unspecified atom stereocenters. The molecule has 6 heteroatoms. The molecule has 0 aromatic carbocycles. The van der Waals surface area contributed by atoms with Gasteiger partial charge in [0.2, 0.25) is 0 Å². The molecule has 0 bridgehead atoms. The summed E-state index contributed by atoms with van der Waals surface area (Å²) in [6.07, 6.45) is 9.97. The summed E-state index contributed by atoms with van der Waals surface area (Å²) in [4.78, 5) is 9.73. The summed E-state index contributed by atoms with van der Waals surface area (Å²) in [5.41, 5.74) is 11.1. The first kappa shape index (κ1) is 36.5. The number of nitrogens with zero attached hydrogens (tertiary/aromatic N) is 4. The molecular weight excluding hydrogens is 565 g/mol. The molecule has 0 aliphatic rings. The van der Waals surface area contributed by atoms with Crippen LogP contribution in [-0.2, 0) is 6.42 Å². The Morgan fingerprint density at radius 1 is 0.744 bits per heavy atom. The molecule has 0 spiro atoms. The zero-order valence-corrected chi connectivity index (χ0v) is 29.0. The topological polar surface area (TPSA) is 35.6 Å². The third-order valence-corrected chi connectivity index (χ3v) is 8.71. The van der Waals surface area contributed by atoms with E-state index in [0.717, 1.165) is 35.9 Å². The Morgan fingerprint density at radius 3 is 1.74 bits per heavy atom. The number of aryl methyl sites for hydroxylation is 6. The molecule has 4 aromatic rings. The second-order valence-corrected chi connectivity index (χ2v) is 13.6. The minimum absolute atomic E-state index is 0. The van der Waals surface area contributed by atoms with E-state index in [2.05, 4.69) is 132 Å². The predicted molar refractivity (Wildman–Crippen MR) is 195 cm³/mol. The van der Waals surface area contributed by atoms with Crippen LogP contribution in [0.2, 0.25) is 0 Å². The number of pyridine rings is 2. The van der Waals surface area contributed by atoms with E-state index in [0.29, 0.717) is 5.92 Å². The Balaban J connectivity index is 0.000000293. The van der Waals surface area contributed by atoms with Crippen LogP contribution in [0.15, 0.2) is 54.1 Å². The second-order valence-electron chi connectivity index (χ2n) is 11.6. The Bertz CT molecular complexity index is 1440. The van der Waals surface area contributed by atoms with Gasteiger partial charge in [-0.3, -0.25) is 0 Å². The van der Waals surface area contributed by atoms with E-state index in [1.54, 1.807) is 0 Å². The summed E-state index contributed by atoms with van der Waals surface area (Å²) in [7, 11) is 0. The fraction of sp³-hybridized carbons (Fsp3) is 0.459. The highest BCUT2D eigenvalue weighted by Crippen LogP contribution is 2.20. The summed E-state index contributed by atoms with van der Waals surface area (Å²) in [5.74, 6) is 5.15. The molecule has 0 saturated carbocycles. The van der Waals surface area contributed by atoms with Crippen LogP contribution in [0, 0.1) is 47.5 Å². The molecule has 0 aliphatic carbocycles. The molecule has 4 aromatic heterocycles. The lowest BCUT2D eigenvalue weighted by Gasteiger charge is -2.14. The predicted octanol–water partition coefficient (Wildman–Crippen LogP) is 10.3. The number of rotatable bonds is 11. The van der Waals surface area contributed by atoms with Crippen LogP contribution in [0.1, 0.15) is 79.4 Å². The molecule has 4 nitrogen and oxygen atoms in total. The molecule has 0 radical (unpaired) electrons. The van der Waals surface area contributed by atoms with Crippen molar-refractivity contribution in [3.05, 3.63) is 99.4 Å². The molecule has 0 fully saturated rings. The van der Waals surface area contributed by atoms with Crippen LogP contribution >= 0.6 is 23.5 Å². The van der Waals surface area contributed by atoms with Crippen molar-refractivity contribution in [3.63, 3.8) is 0 Å². The second kappa shape index (κ2) is 17.6. The lowest BCUT2D eigenvalue weighted by Crippen LogP contribution is -2.08. The van der Waals surface area contributed by atoms with Gasteiger partial charge in [-0.25, -0.2) is 9.97 Å². The van der Waals surface area contributed by atoms with E-state index in [1.165, 1.54) is 57.3 Å². The van der Waals surface area contributed by atoms with Gasteiger partial charge in [0.25, 0.3) is 0 Å². The normalized spacial score (nSPS) is 12.0. The van der Waals surface area contributed by atoms with E-state index in [-0.39, 0.29) is 7.43 Å². The van der Waals surface area contributed by atoms with Crippen molar-refractivity contribution in [2.24, 2.45) is 5.92 Å². The third kappa shape index (κ3) is 10.8. The molecule has 234 valence electrons. The van der Waals surface area contributed by atoms with Crippen LogP contribution in [0.3, 0.4) is 0 Å². The van der Waals surface area contributed by atoms with Gasteiger partial charge in [-0.15, -0.1) is 0 Å². The van der Waals surface area contributed by atoms with Crippen molar-refractivity contribution in [3.8, 4) is 11.6 Å². The minimum atomic E-state index is 0. The monoisotopic (exact) mass is 618 g/mol. The summed E-state index contributed by atoms with van der Waals surface area (Å²) < 4.78 is 4.45. The first-order valence-corrected chi connectivity index (χ1v) is 17.7. The van der Waals surface area contributed by atoms with Gasteiger partial charge in [0, 0.05) is 28.5 Å². The molecule has 1 atom stereocenters. The van der Waals surface area contributed by atoms with Gasteiger partial charge in [-0.1, -0.05) is 19.9 Å². The first-order chi connectivity index (χ1) is 20.0. The summed E-state index contributed by atoms with van der Waals surface area (Å²) >= 11 is 3.81. The zero-order valence-electron chi connectivity index (χ0n) is 27.4. The largest absolute Gasteiger partial charge is 0.303 e. The van der Waals surface area contributed by atoms with Crippen molar-refractivity contribution >= 4 is 29.6 Å². The fourth-order valence-corrected chi connectivity index (χ4v) is 6.39. The van der Waals surface area contributed by atoms with Crippen molar-refractivity contribution in [2.75, 3.05) is 24.0 Å². The maximum Gasteiger partial charge on any atom is 0.137 e. The Labute approximate surface area is 270 Å². The number of allylic oxidation sites excluding steroid dienone is 1. The van der Waals surface area contributed by atoms with Crippen LogP contribution < -0.4 is 0 Å². The van der Waals surface area contributed by atoms with Crippen molar-refractivity contribution in [2.45, 2.75) is 82.1 Å². The number of hydrogen-bond donors (Lipinski definition) is 0. The van der Waals surface area contributed by atoms with Crippen molar-refractivity contribution in [1.82, 2.24) is 19.1 Å². The zero-order chi connectivity index (χ0) is 30.8. The Morgan fingerprint density at radius 2 is 1.23 bits per heavy atom. The van der Waals surface area contributed by atoms with Crippen LogP contribution in [0.25, 0.3) is 17.7 Å². The molecule has 43 heavy (non-hydrogen) atoms. The summed E-state index contributed by atoms with van der Waals surface area (Å²) in [5, 5.41) is 0. The molecule has 4 heterocycles. The first-order valence-electron chi connectivity index (χ1n) is 14.9. The SMILES string of the molecule is C.CSCC/C(C)=C\c1cc(C)cc(-n2c(C)ccc2C)n1.CSCCC(C)Cc1cc(C)cc(-n2c(C)ccc2C)n1. The lowest BCUT2D eigenvalue weighted by molar-refractivity contribution is 0.556. The third-order valence-electron chi connectivity index (χ3n) is 7.45. The molecule has 0 saturated heterocycles. The minimum Gasteiger partial charge on any atom is -0.303 e. The Hall–Kier alpha value is -2.70. The quantitative estimate of drug-likeness (QED) is 0.168. The maximum atomic E-state index is 4.90. The summed E-state index contributed by atoms with van der Waals surface area (Å²) in [6, 6.07) is 17.3. The van der Waals surface area contributed by atoms with Crippen LogP contribution in [0.4, 0.5) is 0 Å². The fourth-order valence-electron chi connectivity index (χ4n) is 5.23. The van der Waals surface area contributed by atoms with E-state index < -0.39 is 0 Å². The molecule has 0 N–H and O–H groups in total. The highest BCUT2D eigenvalue weighted by atomic mass is 32.2. The average Bonchev–Trinajstić information content (AvgIpc) is 3.44. The van der Waals surface area contributed by atoms with Gasteiger partial charge in [0.1, 0.15) is 11.6 Å². The smallest absolute Gasteiger partial charge is 0.137 e. The van der Waals surface area contributed by atoms with Gasteiger partial charge in [0.05, 0.1) is 5.69 Å². The van der Waals surface area contributed by atoms with Gasteiger partial charge >= 0.3 is 0 Å². The molecular formula is C37H54N4S2. The van der Waals surface area contributed by atoms with E-state index in [9.17, 15) is 0 Å². The standard InChI is InChI=1S/C18H26N2S.C18H24N2S.CH4/c2*1-13(8-9-21-5)10-17-11-14(2)12-18(19-17)20-15(3)6-7-16(20)4;/h6-7,11-13H,8-10H2,1-5H3;6-7,10-12H,8-9H2,1-5H3;1H4/b;13-10-;. The average molecular weight is 619 g/mol. The maximum absolute atomic E-state index is 4.90. The number of hydrogen-bond acceptors (Lipinski definition) is 4. The molecule has 0 amide bonds.